The first-order valence-electron chi connectivity index (χ1n) is 7.41. The summed E-state index contributed by atoms with van der Waals surface area (Å²) in [7, 11) is 0. The quantitative estimate of drug-likeness (QED) is 0.571. The van der Waals surface area contributed by atoms with E-state index < -0.39 is 0 Å². The number of rotatable bonds is 3. The van der Waals surface area contributed by atoms with Gasteiger partial charge in [-0.1, -0.05) is 53.7 Å². The minimum atomic E-state index is 0.0944. The van der Waals surface area contributed by atoms with E-state index in [0.717, 1.165) is 0 Å². The summed E-state index contributed by atoms with van der Waals surface area (Å²) in [6.07, 6.45) is 2.54. The Balaban J connectivity index is 3.23. The molecule has 0 aromatic rings. The number of hydrogen-bond acceptors (Lipinski definition) is 1. The van der Waals surface area contributed by atoms with E-state index in [-0.39, 0.29) is 10.8 Å². The Bertz CT molecular complexity index is 414. The van der Waals surface area contributed by atoms with Crippen molar-refractivity contribution in [3.05, 3.63) is 23.4 Å². The zero-order valence-corrected chi connectivity index (χ0v) is 14.1. The Labute approximate surface area is 119 Å². The van der Waals surface area contributed by atoms with Crippen LogP contribution in [0.2, 0.25) is 0 Å². The number of aliphatic imine (C=N–C) groups is 1. The summed E-state index contributed by atoms with van der Waals surface area (Å²) >= 11 is 0. The van der Waals surface area contributed by atoms with Crippen molar-refractivity contribution in [3.63, 3.8) is 0 Å². The second-order valence-corrected chi connectivity index (χ2v) is 8.10. The first-order chi connectivity index (χ1) is 8.44. The lowest BCUT2D eigenvalue weighted by molar-refractivity contribution is 0.490. The standard InChI is InChI=1S/C18H31N/c1-12(2)16(18(7,8)9)19-15(14-10-11-14)13(3)17(4,5)6/h14H,3,10-11H2,1-2,4-9H3. The van der Waals surface area contributed by atoms with E-state index in [1.54, 1.807) is 0 Å². The van der Waals surface area contributed by atoms with Crippen LogP contribution in [0.3, 0.4) is 0 Å². The Hall–Kier alpha value is -0.850. The summed E-state index contributed by atoms with van der Waals surface area (Å²) < 4.78 is 0. The first kappa shape index (κ1) is 16.2. The maximum absolute atomic E-state index is 5.07. The van der Waals surface area contributed by atoms with E-state index in [1.165, 1.54) is 35.4 Å². The molecule has 1 aliphatic carbocycles. The molecular formula is C18H31N. The van der Waals surface area contributed by atoms with Crippen molar-refractivity contribution in [2.75, 3.05) is 0 Å². The summed E-state index contributed by atoms with van der Waals surface area (Å²) in [6, 6.07) is 0. The molecule has 0 radical (unpaired) electrons. The van der Waals surface area contributed by atoms with Crippen LogP contribution in [0.4, 0.5) is 0 Å². The molecular weight excluding hydrogens is 230 g/mol. The zero-order valence-electron chi connectivity index (χ0n) is 14.1. The average molecular weight is 261 g/mol. The maximum Gasteiger partial charge on any atom is 0.0469 e. The molecule has 0 bridgehead atoms. The maximum atomic E-state index is 5.07. The van der Waals surface area contributed by atoms with Gasteiger partial charge in [0.15, 0.2) is 0 Å². The van der Waals surface area contributed by atoms with Crippen molar-refractivity contribution in [3.8, 4) is 0 Å². The molecule has 0 spiro atoms. The smallest absolute Gasteiger partial charge is 0.0469 e. The molecule has 0 atom stereocenters. The van der Waals surface area contributed by atoms with Gasteiger partial charge in [0.25, 0.3) is 0 Å². The second-order valence-electron chi connectivity index (χ2n) is 8.10. The van der Waals surface area contributed by atoms with Gasteiger partial charge in [0.2, 0.25) is 0 Å². The molecule has 1 heteroatoms. The van der Waals surface area contributed by atoms with Gasteiger partial charge in [-0.25, -0.2) is 0 Å². The topological polar surface area (TPSA) is 12.4 Å². The fourth-order valence-corrected chi connectivity index (χ4v) is 2.30. The van der Waals surface area contributed by atoms with Gasteiger partial charge in [0.05, 0.1) is 0 Å². The van der Waals surface area contributed by atoms with Crippen LogP contribution in [0, 0.1) is 16.7 Å². The van der Waals surface area contributed by atoms with Crippen LogP contribution in [-0.2, 0) is 0 Å². The molecule has 0 aliphatic heterocycles. The fraction of sp³-hybridized carbons (Fsp3) is 0.722. The first-order valence-corrected chi connectivity index (χ1v) is 7.41. The van der Waals surface area contributed by atoms with Gasteiger partial charge in [0, 0.05) is 22.7 Å². The highest BCUT2D eigenvalue weighted by Crippen LogP contribution is 2.40. The fourth-order valence-electron chi connectivity index (χ4n) is 2.30. The van der Waals surface area contributed by atoms with E-state index in [0.29, 0.717) is 5.92 Å². The normalized spacial score (nSPS) is 17.4. The van der Waals surface area contributed by atoms with Crippen molar-refractivity contribution in [2.24, 2.45) is 21.7 Å². The second kappa shape index (κ2) is 5.26. The molecule has 19 heavy (non-hydrogen) atoms. The van der Waals surface area contributed by atoms with E-state index in [9.17, 15) is 0 Å². The van der Waals surface area contributed by atoms with Crippen LogP contribution >= 0.6 is 0 Å². The van der Waals surface area contributed by atoms with Crippen LogP contribution in [0.5, 0.6) is 0 Å². The summed E-state index contributed by atoms with van der Waals surface area (Å²) in [4.78, 5) is 5.07. The molecule has 0 N–H and O–H groups in total. The Morgan fingerprint density at radius 1 is 0.947 bits per heavy atom. The zero-order chi connectivity index (χ0) is 15.0. The Morgan fingerprint density at radius 2 is 1.42 bits per heavy atom. The van der Waals surface area contributed by atoms with Crippen LogP contribution in [0.15, 0.2) is 28.4 Å². The monoisotopic (exact) mass is 261 g/mol. The molecule has 0 unspecified atom stereocenters. The summed E-state index contributed by atoms with van der Waals surface area (Å²) in [5, 5.41) is 0. The molecule has 1 aliphatic rings. The number of allylic oxidation sites excluding steroid dienone is 3. The van der Waals surface area contributed by atoms with E-state index in [4.69, 9.17) is 4.99 Å². The highest BCUT2D eigenvalue weighted by Gasteiger charge is 2.34. The highest BCUT2D eigenvalue weighted by molar-refractivity contribution is 6.04. The molecule has 0 aromatic heterocycles. The van der Waals surface area contributed by atoms with E-state index in [2.05, 4.69) is 62.0 Å². The van der Waals surface area contributed by atoms with Crippen LogP contribution in [0.25, 0.3) is 0 Å². The van der Waals surface area contributed by atoms with Crippen LogP contribution < -0.4 is 0 Å². The Kier molecular flexibility index (Phi) is 4.49. The average Bonchev–Trinajstić information content (AvgIpc) is 2.97. The minimum Gasteiger partial charge on any atom is -0.257 e. The summed E-state index contributed by atoms with van der Waals surface area (Å²) in [5.41, 5.74) is 5.19. The molecule has 1 rings (SSSR count). The third kappa shape index (κ3) is 4.33. The molecule has 1 nitrogen and oxygen atoms in total. The molecule has 0 saturated heterocycles. The minimum absolute atomic E-state index is 0.0944. The molecule has 0 amide bonds. The van der Waals surface area contributed by atoms with Crippen molar-refractivity contribution >= 4 is 5.71 Å². The summed E-state index contributed by atoms with van der Waals surface area (Å²) in [5.74, 6) is 0.642. The van der Waals surface area contributed by atoms with Gasteiger partial charge >= 0.3 is 0 Å². The van der Waals surface area contributed by atoms with Crippen LogP contribution in [0.1, 0.15) is 68.2 Å². The van der Waals surface area contributed by atoms with Crippen molar-refractivity contribution in [1.29, 1.82) is 0 Å². The van der Waals surface area contributed by atoms with Crippen molar-refractivity contribution < 1.29 is 0 Å². The number of hydrogen-bond donors (Lipinski definition) is 0. The third-order valence-electron chi connectivity index (χ3n) is 3.59. The van der Waals surface area contributed by atoms with Gasteiger partial charge in [-0.05, 0) is 37.7 Å². The molecule has 0 aromatic carbocycles. The molecule has 1 fully saturated rings. The molecule has 108 valence electrons. The van der Waals surface area contributed by atoms with Gasteiger partial charge in [-0.3, -0.25) is 4.99 Å². The molecule has 1 saturated carbocycles. The van der Waals surface area contributed by atoms with Crippen molar-refractivity contribution in [2.45, 2.75) is 68.2 Å². The molecule has 0 heterocycles. The largest absolute Gasteiger partial charge is 0.257 e. The lowest BCUT2D eigenvalue weighted by Gasteiger charge is -2.27. The van der Waals surface area contributed by atoms with Gasteiger partial charge in [0.1, 0.15) is 0 Å². The van der Waals surface area contributed by atoms with E-state index >= 15 is 0 Å². The SMILES string of the molecule is C=C(C(=NC(=C(C)C)C(C)(C)C)C1CC1)C(C)(C)C. The van der Waals surface area contributed by atoms with Gasteiger partial charge in [-0.15, -0.1) is 0 Å². The highest BCUT2D eigenvalue weighted by atomic mass is 14.8. The number of nitrogens with zero attached hydrogens (tertiary/aromatic N) is 1. The van der Waals surface area contributed by atoms with Gasteiger partial charge in [-0.2, -0.15) is 0 Å². The van der Waals surface area contributed by atoms with E-state index in [1.807, 2.05) is 0 Å². The van der Waals surface area contributed by atoms with Crippen LogP contribution in [-0.4, -0.2) is 5.71 Å². The Morgan fingerprint density at radius 3 is 1.68 bits per heavy atom. The summed E-state index contributed by atoms with van der Waals surface area (Å²) in [6.45, 7) is 22.1. The van der Waals surface area contributed by atoms with Gasteiger partial charge < -0.3 is 0 Å². The lowest BCUT2D eigenvalue weighted by Crippen LogP contribution is -2.20. The predicted octanol–water partition coefficient (Wildman–Crippen LogP) is 5.78. The lowest BCUT2D eigenvalue weighted by atomic mass is 9.82. The third-order valence-corrected chi connectivity index (χ3v) is 3.59. The predicted molar refractivity (Wildman–Crippen MR) is 86.6 cm³/mol. The van der Waals surface area contributed by atoms with Crippen molar-refractivity contribution in [1.82, 2.24) is 0 Å².